The topological polar surface area (TPSA) is 106 Å². The third kappa shape index (κ3) is 4.08. The highest BCUT2D eigenvalue weighted by atomic mass is 16.3. The molecule has 1 atom stereocenters. The third-order valence-corrected chi connectivity index (χ3v) is 2.69. The van der Waals surface area contributed by atoms with Gasteiger partial charge in [-0.2, -0.15) is 0 Å². The number of nitrogens with zero attached hydrogens (tertiary/aromatic N) is 3. The number of aliphatic hydroxyl groups excluding tert-OH is 1. The normalized spacial score (nSPS) is 12.7. The van der Waals surface area contributed by atoms with E-state index in [4.69, 9.17) is 10.8 Å². The van der Waals surface area contributed by atoms with Gasteiger partial charge >= 0.3 is 0 Å². The first-order valence-electron chi connectivity index (χ1n) is 6.10. The van der Waals surface area contributed by atoms with Crippen molar-refractivity contribution >= 4 is 5.91 Å². The van der Waals surface area contributed by atoms with Gasteiger partial charge in [0.05, 0.1) is 12.7 Å². The molecule has 0 aromatic carbocycles. The molecule has 0 saturated carbocycles. The lowest BCUT2D eigenvalue weighted by Crippen LogP contribution is -2.39. The summed E-state index contributed by atoms with van der Waals surface area (Å²) >= 11 is 0. The second-order valence-corrected chi connectivity index (χ2v) is 4.49. The van der Waals surface area contributed by atoms with Crippen molar-refractivity contribution in [2.24, 2.45) is 11.7 Å². The van der Waals surface area contributed by atoms with Crippen LogP contribution in [0.2, 0.25) is 0 Å². The summed E-state index contributed by atoms with van der Waals surface area (Å²) in [7, 11) is 0. The van der Waals surface area contributed by atoms with Gasteiger partial charge in [0.25, 0.3) is 5.91 Å². The Morgan fingerprint density at radius 1 is 1.61 bits per heavy atom. The third-order valence-electron chi connectivity index (χ3n) is 2.69. The average molecular weight is 255 g/mol. The molecule has 7 heteroatoms. The lowest BCUT2D eigenvalue weighted by Gasteiger charge is -2.20. The molecule has 1 aromatic rings. The van der Waals surface area contributed by atoms with Crippen molar-refractivity contribution < 1.29 is 9.90 Å². The quantitative estimate of drug-likeness (QED) is 0.601. The highest BCUT2D eigenvalue weighted by Gasteiger charge is 2.18. The van der Waals surface area contributed by atoms with Crippen LogP contribution in [0.25, 0.3) is 0 Å². The van der Waals surface area contributed by atoms with Gasteiger partial charge in [-0.3, -0.25) is 9.48 Å². The Labute approximate surface area is 106 Å². The summed E-state index contributed by atoms with van der Waals surface area (Å²) in [4.78, 5) is 11.9. The van der Waals surface area contributed by atoms with Crippen molar-refractivity contribution in [3.05, 3.63) is 11.9 Å². The van der Waals surface area contributed by atoms with E-state index in [1.807, 2.05) is 13.8 Å². The predicted octanol–water partition coefficient (Wildman–Crippen LogP) is -0.626. The number of amides is 1. The number of nitrogens with two attached hydrogens (primary N) is 1. The monoisotopic (exact) mass is 255 g/mol. The molecule has 0 aliphatic heterocycles. The number of aromatic nitrogens is 3. The summed E-state index contributed by atoms with van der Waals surface area (Å²) < 4.78 is 1.53. The smallest absolute Gasteiger partial charge is 0.273 e. The molecule has 0 aliphatic rings. The first-order valence-corrected chi connectivity index (χ1v) is 6.10. The van der Waals surface area contributed by atoms with E-state index in [0.29, 0.717) is 19.5 Å². The Morgan fingerprint density at radius 3 is 2.89 bits per heavy atom. The number of aliphatic hydroxyl groups is 1. The highest BCUT2D eigenvalue weighted by Crippen LogP contribution is 2.06. The lowest BCUT2D eigenvalue weighted by molar-refractivity contribution is 0.0911. The van der Waals surface area contributed by atoms with E-state index in [2.05, 4.69) is 15.6 Å². The van der Waals surface area contributed by atoms with E-state index in [0.717, 1.165) is 0 Å². The molecule has 1 unspecified atom stereocenters. The van der Waals surface area contributed by atoms with Crippen molar-refractivity contribution in [2.45, 2.75) is 32.9 Å². The molecule has 0 fully saturated rings. The van der Waals surface area contributed by atoms with Crippen LogP contribution in [0.5, 0.6) is 0 Å². The molecule has 1 rings (SSSR count). The first-order chi connectivity index (χ1) is 8.58. The van der Waals surface area contributed by atoms with Gasteiger partial charge in [-0.15, -0.1) is 5.10 Å². The van der Waals surface area contributed by atoms with Gasteiger partial charge in [0, 0.05) is 19.2 Å². The zero-order valence-corrected chi connectivity index (χ0v) is 10.8. The Morgan fingerprint density at radius 2 is 2.33 bits per heavy atom. The largest absolute Gasteiger partial charge is 0.396 e. The molecule has 0 aliphatic carbocycles. The van der Waals surface area contributed by atoms with Gasteiger partial charge in [-0.1, -0.05) is 19.1 Å². The minimum atomic E-state index is -0.273. The molecule has 0 spiro atoms. The summed E-state index contributed by atoms with van der Waals surface area (Å²) in [5.74, 6) is -0.0226. The second kappa shape index (κ2) is 7.07. The van der Waals surface area contributed by atoms with Crippen LogP contribution in [0.15, 0.2) is 6.20 Å². The molecule has 102 valence electrons. The lowest BCUT2D eigenvalue weighted by atomic mass is 10.0. The zero-order chi connectivity index (χ0) is 13.5. The Kier molecular flexibility index (Phi) is 5.73. The molecular weight excluding hydrogens is 234 g/mol. The van der Waals surface area contributed by atoms with Crippen molar-refractivity contribution in [1.29, 1.82) is 0 Å². The van der Waals surface area contributed by atoms with Gasteiger partial charge in [0.1, 0.15) is 0 Å². The van der Waals surface area contributed by atoms with Crippen LogP contribution in [0.3, 0.4) is 0 Å². The Hall–Kier alpha value is -1.47. The summed E-state index contributed by atoms with van der Waals surface area (Å²) in [5.41, 5.74) is 5.66. The number of carbonyl (C=O) groups excluding carboxylic acids is 1. The molecule has 1 aromatic heterocycles. The number of carbonyl (C=O) groups is 1. The maximum Gasteiger partial charge on any atom is 0.273 e. The SMILES string of the molecule is CC(C)C(CCO)NC(=O)c1cn(CCN)nn1. The van der Waals surface area contributed by atoms with Gasteiger partial charge in [-0.05, 0) is 12.3 Å². The fourth-order valence-electron chi connectivity index (χ4n) is 1.60. The van der Waals surface area contributed by atoms with Gasteiger partial charge in [0.2, 0.25) is 0 Å². The fraction of sp³-hybridized carbons (Fsp3) is 0.727. The molecule has 0 radical (unpaired) electrons. The molecule has 1 heterocycles. The summed E-state index contributed by atoms with van der Waals surface area (Å²) in [6.45, 7) is 5.01. The van der Waals surface area contributed by atoms with Crippen molar-refractivity contribution in [2.75, 3.05) is 13.2 Å². The number of hydrogen-bond acceptors (Lipinski definition) is 5. The van der Waals surface area contributed by atoms with Crippen LogP contribution in [0.1, 0.15) is 30.8 Å². The van der Waals surface area contributed by atoms with E-state index in [1.54, 1.807) is 6.20 Å². The van der Waals surface area contributed by atoms with Gasteiger partial charge in [-0.25, -0.2) is 0 Å². The standard InChI is InChI=1S/C11H21N5O2/c1-8(2)9(3-6-17)13-11(18)10-7-16(5-4-12)15-14-10/h7-9,17H,3-6,12H2,1-2H3,(H,13,18). The van der Waals surface area contributed by atoms with E-state index < -0.39 is 0 Å². The zero-order valence-electron chi connectivity index (χ0n) is 10.8. The summed E-state index contributed by atoms with van der Waals surface area (Å²) in [5, 5.41) is 19.4. The minimum Gasteiger partial charge on any atom is -0.396 e. The van der Waals surface area contributed by atoms with Crippen molar-refractivity contribution in [3.63, 3.8) is 0 Å². The second-order valence-electron chi connectivity index (χ2n) is 4.49. The van der Waals surface area contributed by atoms with Crippen LogP contribution >= 0.6 is 0 Å². The van der Waals surface area contributed by atoms with E-state index in [-0.39, 0.29) is 30.2 Å². The van der Waals surface area contributed by atoms with Crippen LogP contribution < -0.4 is 11.1 Å². The van der Waals surface area contributed by atoms with E-state index >= 15 is 0 Å². The number of hydrogen-bond donors (Lipinski definition) is 3. The predicted molar refractivity (Wildman–Crippen MR) is 66.9 cm³/mol. The average Bonchev–Trinajstić information content (AvgIpc) is 2.77. The highest BCUT2D eigenvalue weighted by molar-refractivity contribution is 5.92. The fourth-order valence-corrected chi connectivity index (χ4v) is 1.60. The molecule has 4 N–H and O–H groups in total. The van der Waals surface area contributed by atoms with Crippen LogP contribution in [0.4, 0.5) is 0 Å². The number of nitrogens with one attached hydrogen (secondary N) is 1. The molecule has 1 amide bonds. The van der Waals surface area contributed by atoms with E-state index in [9.17, 15) is 4.79 Å². The van der Waals surface area contributed by atoms with Gasteiger partial charge in [0.15, 0.2) is 5.69 Å². The van der Waals surface area contributed by atoms with Gasteiger partial charge < -0.3 is 16.2 Å². The van der Waals surface area contributed by atoms with Crippen molar-refractivity contribution in [1.82, 2.24) is 20.3 Å². The molecule has 0 bridgehead atoms. The summed E-state index contributed by atoms with van der Waals surface area (Å²) in [6.07, 6.45) is 2.10. The molecule has 18 heavy (non-hydrogen) atoms. The number of rotatable bonds is 7. The van der Waals surface area contributed by atoms with Crippen LogP contribution in [-0.4, -0.2) is 45.2 Å². The molecule has 0 saturated heterocycles. The van der Waals surface area contributed by atoms with Crippen LogP contribution in [0, 0.1) is 5.92 Å². The maximum atomic E-state index is 11.9. The summed E-state index contributed by atoms with van der Waals surface area (Å²) in [6, 6.07) is -0.0674. The maximum absolute atomic E-state index is 11.9. The Balaban J connectivity index is 2.62. The minimum absolute atomic E-state index is 0.0446. The first kappa shape index (κ1) is 14.6. The van der Waals surface area contributed by atoms with Crippen LogP contribution in [-0.2, 0) is 6.54 Å². The Bertz CT molecular complexity index is 377. The molecule has 7 nitrogen and oxygen atoms in total. The molecular formula is C11H21N5O2. The van der Waals surface area contributed by atoms with Crippen molar-refractivity contribution in [3.8, 4) is 0 Å². The van der Waals surface area contributed by atoms with E-state index in [1.165, 1.54) is 4.68 Å².